The highest BCUT2D eigenvalue weighted by molar-refractivity contribution is 5.95. The van der Waals surface area contributed by atoms with Crippen LogP contribution in [0.1, 0.15) is 13.8 Å². The molecule has 1 aromatic carbocycles. The highest BCUT2D eigenvalue weighted by atomic mass is 16.5. The first-order chi connectivity index (χ1) is 10.2. The summed E-state index contributed by atoms with van der Waals surface area (Å²) in [5.74, 6) is 0.186. The third-order valence-electron chi connectivity index (χ3n) is 3.34. The summed E-state index contributed by atoms with van der Waals surface area (Å²) in [4.78, 5) is 17.7. The Labute approximate surface area is 129 Å². The number of ether oxygens (including phenoxy) is 1. The average molecular weight is 306 g/mol. The SMILES string of the molecule is COCC(=O)N(C)c1ccc2c(c1)nc(N)n2CC(C)(C)O. The fourth-order valence-corrected chi connectivity index (χ4v) is 2.26. The molecule has 22 heavy (non-hydrogen) atoms. The number of amides is 1. The van der Waals surface area contributed by atoms with E-state index in [-0.39, 0.29) is 12.5 Å². The second-order valence-corrected chi connectivity index (χ2v) is 5.93. The summed E-state index contributed by atoms with van der Waals surface area (Å²) in [6.07, 6.45) is 0. The number of rotatable bonds is 5. The number of nitrogen functional groups attached to an aromatic ring is 1. The van der Waals surface area contributed by atoms with Gasteiger partial charge in [0.15, 0.2) is 0 Å². The van der Waals surface area contributed by atoms with Crippen LogP contribution in [-0.4, -0.2) is 46.9 Å². The Balaban J connectivity index is 2.39. The zero-order valence-electron chi connectivity index (χ0n) is 13.3. The molecule has 2 aromatic rings. The van der Waals surface area contributed by atoms with E-state index in [1.54, 1.807) is 31.5 Å². The van der Waals surface area contributed by atoms with Crippen LogP contribution in [0.5, 0.6) is 0 Å². The number of anilines is 2. The second-order valence-electron chi connectivity index (χ2n) is 5.93. The van der Waals surface area contributed by atoms with Crippen molar-refractivity contribution in [2.75, 3.05) is 31.4 Å². The van der Waals surface area contributed by atoms with Crippen molar-refractivity contribution in [2.45, 2.75) is 26.0 Å². The Morgan fingerprint density at radius 3 is 2.77 bits per heavy atom. The van der Waals surface area contributed by atoms with Crippen LogP contribution in [0.25, 0.3) is 11.0 Å². The van der Waals surface area contributed by atoms with Crippen LogP contribution in [0, 0.1) is 0 Å². The highest BCUT2D eigenvalue weighted by Gasteiger charge is 2.19. The Morgan fingerprint density at radius 2 is 2.18 bits per heavy atom. The first kappa shape index (κ1) is 16.3. The van der Waals surface area contributed by atoms with E-state index < -0.39 is 5.60 Å². The minimum Gasteiger partial charge on any atom is -0.389 e. The van der Waals surface area contributed by atoms with Crippen molar-refractivity contribution < 1.29 is 14.6 Å². The summed E-state index contributed by atoms with van der Waals surface area (Å²) in [7, 11) is 3.16. The molecule has 3 N–H and O–H groups in total. The van der Waals surface area contributed by atoms with Crippen LogP contribution in [0.4, 0.5) is 11.6 Å². The van der Waals surface area contributed by atoms with Crippen LogP contribution in [0.2, 0.25) is 0 Å². The van der Waals surface area contributed by atoms with Crippen molar-refractivity contribution in [1.82, 2.24) is 9.55 Å². The number of imidazole rings is 1. The first-order valence-corrected chi connectivity index (χ1v) is 6.96. The monoisotopic (exact) mass is 306 g/mol. The lowest BCUT2D eigenvalue weighted by Gasteiger charge is -2.19. The number of aromatic nitrogens is 2. The number of fused-ring (bicyclic) bond motifs is 1. The predicted octanol–water partition coefficient (Wildman–Crippen LogP) is 0.999. The molecule has 120 valence electrons. The van der Waals surface area contributed by atoms with Gasteiger partial charge in [-0.05, 0) is 32.0 Å². The Bertz CT molecular complexity index is 688. The van der Waals surface area contributed by atoms with Crippen molar-refractivity contribution in [2.24, 2.45) is 0 Å². The van der Waals surface area contributed by atoms with Crippen molar-refractivity contribution in [3.05, 3.63) is 18.2 Å². The summed E-state index contributed by atoms with van der Waals surface area (Å²) < 4.78 is 6.61. The van der Waals surface area contributed by atoms with Crippen LogP contribution < -0.4 is 10.6 Å². The van der Waals surface area contributed by atoms with E-state index in [1.807, 2.05) is 12.1 Å². The molecule has 7 heteroatoms. The van der Waals surface area contributed by atoms with Crippen molar-refractivity contribution >= 4 is 28.6 Å². The number of carbonyl (C=O) groups excluding carboxylic acids is 1. The molecule has 7 nitrogen and oxygen atoms in total. The molecule has 0 unspecified atom stereocenters. The lowest BCUT2D eigenvalue weighted by atomic mass is 10.1. The molecule has 0 aliphatic rings. The lowest BCUT2D eigenvalue weighted by Crippen LogP contribution is -2.29. The number of benzene rings is 1. The average Bonchev–Trinajstić information content (AvgIpc) is 2.72. The van der Waals surface area contributed by atoms with Crippen molar-refractivity contribution in [3.8, 4) is 0 Å². The van der Waals surface area contributed by atoms with Crippen LogP contribution in [0.15, 0.2) is 18.2 Å². The van der Waals surface area contributed by atoms with Gasteiger partial charge in [0.25, 0.3) is 5.91 Å². The van der Waals surface area contributed by atoms with Gasteiger partial charge in [0.05, 0.1) is 23.2 Å². The molecule has 0 aliphatic carbocycles. The molecule has 0 saturated carbocycles. The molecule has 0 spiro atoms. The molecular weight excluding hydrogens is 284 g/mol. The smallest absolute Gasteiger partial charge is 0.252 e. The number of nitrogens with zero attached hydrogens (tertiary/aromatic N) is 3. The van der Waals surface area contributed by atoms with E-state index >= 15 is 0 Å². The largest absolute Gasteiger partial charge is 0.389 e. The van der Waals surface area contributed by atoms with Crippen LogP contribution >= 0.6 is 0 Å². The maximum atomic E-state index is 11.9. The topological polar surface area (TPSA) is 93.6 Å². The number of methoxy groups -OCH3 is 1. The van der Waals surface area contributed by atoms with Gasteiger partial charge < -0.3 is 25.0 Å². The fraction of sp³-hybridized carbons (Fsp3) is 0.467. The van der Waals surface area contributed by atoms with Gasteiger partial charge in [0.1, 0.15) is 6.61 Å². The minimum absolute atomic E-state index is 0.0177. The molecule has 0 radical (unpaired) electrons. The van der Waals surface area contributed by atoms with Gasteiger partial charge in [0.2, 0.25) is 5.95 Å². The maximum absolute atomic E-state index is 11.9. The number of hydrogen-bond acceptors (Lipinski definition) is 5. The molecule has 0 aliphatic heterocycles. The van der Waals surface area contributed by atoms with E-state index in [0.717, 1.165) is 5.52 Å². The van der Waals surface area contributed by atoms with Crippen LogP contribution in [-0.2, 0) is 16.1 Å². The van der Waals surface area contributed by atoms with Gasteiger partial charge in [-0.15, -0.1) is 0 Å². The van der Waals surface area contributed by atoms with E-state index in [2.05, 4.69) is 4.98 Å². The fourth-order valence-electron chi connectivity index (χ4n) is 2.26. The maximum Gasteiger partial charge on any atom is 0.252 e. The van der Waals surface area contributed by atoms with Gasteiger partial charge >= 0.3 is 0 Å². The third-order valence-corrected chi connectivity index (χ3v) is 3.34. The van der Waals surface area contributed by atoms with Gasteiger partial charge in [-0.25, -0.2) is 4.98 Å². The number of likely N-dealkylation sites (N-methyl/N-ethyl adjacent to an activating group) is 1. The number of carbonyl (C=O) groups is 1. The van der Waals surface area contributed by atoms with Gasteiger partial charge in [-0.2, -0.15) is 0 Å². The Hall–Kier alpha value is -2.12. The minimum atomic E-state index is -0.897. The van der Waals surface area contributed by atoms with E-state index in [4.69, 9.17) is 10.5 Å². The van der Waals surface area contributed by atoms with E-state index in [0.29, 0.717) is 23.7 Å². The predicted molar refractivity (Wildman–Crippen MR) is 85.7 cm³/mol. The summed E-state index contributed by atoms with van der Waals surface area (Å²) in [6.45, 7) is 3.78. The Kier molecular flexibility index (Phi) is 4.39. The zero-order valence-corrected chi connectivity index (χ0v) is 13.3. The summed E-state index contributed by atoms with van der Waals surface area (Å²) in [5, 5.41) is 9.98. The summed E-state index contributed by atoms with van der Waals surface area (Å²) in [5.41, 5.74) is 7.24. The molecule has 0 fully saturated rings. The molecular formula is C15H22N4O3. The molecule has 1 heterocycles. The third kappa shape index (κ3) is 3.37. The molecule has 0 bridgehead atoms. The number of aliphatic hydroxyl groups is 1. The van der Waals surface area contributed by atoms with Gasteiger partial charge in [-0.1, -0.05) is 0 Å². The normalized spacial score (nSPS) is 11.9. The summed E-state index contributed by atoms with van der Waals surface area (Å²) >= 11 is 0. The first-order valence-electron chi connectivity index (χ1n) is 6.96. The molecule has 0 saturated heterocycles. The highest BCUT2D eigenvalue weighted by Crippen LogP contribution is 2.25. The standard InChI is InChI=1S/C15H22N4O3/c1-15(2,21)9-19-12-6-5-10(7-11(12)17-14(19)16)18(3)13(20)8-22-4/h5-7,21H,8-9H2,1-4H3,(H2,16,17). The summed E-state index contributed by atoms with van der Waals surface area (Å²) in [6, 6.07) is 5.45. The van der Waals surface area contributed by atoms with Crippen LogP contribution in [0.3, 0.4) is 0 Å². The number of nitrogens with two attached hydrogens (primary N) is 1. The number of hydrogen-bond donors (Lipinski definition) is 2. The molecule has 1 aromatic heterocycles. The van der Waals surface area contributed by atoms with E-state index in [9.17, 15) is 9.90 Å². The van der Waals surface area contributed by atoms with Gasteiger partial charge in [0, 0.05) is 19.8 Å². The lowest BCUT2D eigenvalue weighted by molar-refractivity contribution is -0.121. The van der Waals surface area contributed by atoms with Gasteiger partial charge in [-0.3, -0.25) is 4.79 Å². The van der Waals surface area contributed by atoms with Crippen molar-refractivity contribution in [3.63, 3.8) is 0 Å². The molecule has 1 amide bonds. The molecule has 0 atom stereocenters. The van der Waals surface area contributed by atoms with Crippen molar-refractivity contribution in [1.29, 1.82) is 0 Å². The molecule has 2 rings (SSSR count). The Morgan fingerprint density at radius 1 is 1.50 bits per heavy atom. The van der Waals surface area contributed by atoms with E-state index in [1.165, 1.54) is 12.0 Å². The zero-order chi connectivity index (χ0) is 16.5. The quantitative estimate of drug-likeness (QED) is 0.859. The second kappa shape index (κ2) is 5.94.